The van der Waals surface area contributed by atoms with Crippen molar-refractivity contribution in [3.8, 4) is 11.5 Å². The lowest BCUT2D eigenvalue weighted by Gasteiger charge is -2.10. The fraction of sp³-hybridized carbons (Fsp3) is 0.143. The van der Waals surface area contributed by atoms with Crippen molar-refractivity contribution in [1.82, 2.24) is 0 Å². The van der Waals surface area contributed by atoms with Gasteiger partial charge < -0.3 is 20.9 Å². The predicted molar refractivity (Wildman–Crippen MR) is 72.6 cm³/mol. The fourth-order valence-corrected chi connectivity index (χ4v) is 1.57. The van der Waals surface area contributed by atoms with Crippen LogP contribution in [0.4, 0.5) is 20.2 Å². The third-order valence-electron chi connectivity index (χ3n) is 2.51. The molecule has 0 spiro atoms. The molecule has 0 saturated heterocycles. The van der Waals surface area contributed by atoms with Gasteiger partial charge >= 0.3 is 0 Å². The fourth-order valence-electron chi connectivity index (χ4n) is 1.57. The highest BCUT2D eigenvalue weighted by Gasteiger charge is 2.05. The van der Waals surface area contributed by atoms with Gasteiger partial charge in [0.15, 0.2) is 23.1 Å². The Balaban J connectivity index is 1.84. The van der Waals surface area contributed by atoms with E-state index in [0.717, 1.165) is 12.1 Å². The van der Waals surface area contributed by atoms with Crippen molar-refractivity contribution in [2.75, 3.05) is 24.7 Å². The highest BCUT2D eigenvalue weighted by Crippen LogP contribution is 2.21. The Bertz CT molecular complexity index is 552. The number of hydrogen-bond donors (Lipinski definition) is 2. The summed E-state index contributed by atoms with van der Waals surface area (Å²) in [5.41, 5.74) is 11.5. The number of benzene rings is 2. The first-order valence-electron chi connectivity index (χ1n) is 5.92. The van der Waals surface area contributed by atoms with E-state index < -0.39 is 11.6 Å². The van der Waals surface area contributed by atoms with E-state index in [1.807, 2.05) is 0 Å². The summed E-state index contributed by atoms with van der Waals surface area (Å²) in [4.78, 5) is 0. The van der Waals surface area contributed by atoms with Crippen LogP contribution in [0.15, 0.2) is 36.4 Å². The Hall–Kier alpha value is -2.50. The van der Waals surface area contributed by atoms with E-state index in [0.29, 0.717) is 11.4 Å². The van der Waals surface area contributed by atoms with Gasteiger partial charge in [0.1, 0.15) is 13.2 Å². The lowest BCUT2D eigenvalue weighted by molar-refractivity contribution is 0.206. The van der Waals surface area contributed by atoms with Crippen LogP contribution in [-0.4, -0.2) is 13.2 Å². The largest absolute Gasteiger partial charge is 0.487 e. The molecule has 0 aliphatic carbocycles. The smallest absolute Gasteiger partial charge is 0.167 e. The minimum Gasteiger partial charge on any atom is -0.487 e. The van der Waals surface area contributed by atoms with Crippen LogP contribution in [0.3, 0.4) is 0 Å². The zero-order valence-corrected chi connectivity index (χ0v) is 10.6. The first-order chi connectivity index (χ1) is 9.56. The van der Waals surface area contributed by atoms with Crippen LogP contribution in [0.5, 0.6) is 11.5 Å². The Morgan fingerprint density at radius 3 is 1.50 bits per heavy atom. The molecule has 6 heteroatoms. The van der Waals surface area contributed by atoms with E-state index in [9.17, 15) is 8.78 Å². The van der Waals surface area contributed by atoms with Crippen LogP contribution < -0.4 is 20.9 Å². The molecular formula is C14H14F2N2O2. The zero-order valence-electron chi connectivity index (χ0n) is 10.6. The lowest BCUT2D eigenvalue weighted by atomic mass is 10.3. The highest BCUT2D eigenvalue weighted by molar-refractivity contribution is 5.43. The van der Waals surface area contributed by atoms with Crippen LogP contribution >= 0.6 is 0 Å². The maximum absolute atomic E-state index is 13.4. The van der Waals surface area contributed by atoms with Gasteiger partial charge in [0.2, 0.25) is 0 Å². The number of ether oxygens (including phenoxy) is 2. The summed E-state index contributed by atoms with van der Waals surface area (Å²) in [6, 6.07) is 8.23. The number of nitrogen functional groups attached to an aromatic ring is 2. The SMILES string of the molecule is Nc1ccc(OCCOc2ccc(N)cc2F)c(F)c1. The highest BCUT2D eigenvalue weighted by atomic mass is 19.1. The maximum Gasteiger partial charge on any atom is 0.167 e. The second-order valence-corrected chi connectivity index (χ2v) is 4.08. The normalized spacial score (nSPS) is 10.3. The molecule has 20 heavy (non-hydrogen) atoms. The minimum absolute atomic E-state index is 0.0700. The number of halogens is 2. The third kappa shape index (κ3) is 3.50. The standard InChI is InChI=1S/C14H14F2N2O2/c15-11-7-9(17)1-3-13(11)19-5-6-20-14-4-2-10(18)8-12(14)16/h1-4,7-8H,5-6,17-18H2. The molecule has 4 nitrogen and oxygen atoms in total. The molecule has 4 N–H and O–H groups in total. The van der Waals surface area contributed by atoms with Crippen LogP contribution in [0.1, 0.15) is 0 Å². The van der Waals surface area contributed by atoms with E-state index in [2.05, 4.69) is 0 Å². The van der Waals surface area contributed by atoms with Crippen molar-refractivity contribution in [3.63, 3.8) is 0 Å². The molecule has 0 amide bonds. The molecule has 0 unspecified atom stereocenters. The Morgan fingerprint density at radius 2 is 1.15 bits per heavy atom. The van der Waals surface area contributed by atoms with Crippen molar-refractivity contribution in [2.45, 2.75) is 0 Å². The molecule has 2 rings (SSSR count). The van der Waals surface area contributed by atoms with E-state index in [1.165, 1.54) is 24.3 Å². The summed E-state index contributed by atoms with van der Waals surface area (Å²) in [5.74, 6) is -0.964. The first kappa shape index (κ1) is 13.9. The molecule has 0 fully saturated rings. The van der Waals surface area contributed by atoms with Crippen LogP contribution in [0.25, 0.3) is 0 Å². The summed E-state index contributed by atoms with van der Waals surface area (Å²) in [7, 11) is 0. The predicted octanol–water partition coefficient (Wildman–Crippen LogP) is 2.59. The topological polar surface area (TPSA) is 70.5 Å². The van der Waals surface area contributed by atoms with Crippen LogP contribution in [0.2, 0.25) is 0 Å². The molecule has 0 saturated carbocycles. The molecule has 2 aromatic carbocycles. The van der Waals surface area contributed by atoms with Gasteiger partial charge in [0.25, 0.3) is 0 Å². The van der Waals surface area contributed by atoms with Gasteiger partial charge in [0, 0.05) is 23.5 Å². The average Bonchev–Trinajstić information content (AvgIpc) is 2.39. The van der Waals surface area contributed by atoms with Gasteiger partial charge in [-0.3, -0.25) is 0 Å². The second kappa shape index (κ2) is 6.10. The molecule has 0 atom stereocenters. The number of hydrogen-bond acceptors (Lipinski definition) is 4. The molecule has 0 heterocycles. The molecule has 0 aliphatic heterocycles. The van der Waals surface area contributed by atoms with Gasteiger partial charge in [-0.05, 0) is 24.3 Å². The van der Waals surface area contributed by atoms with E-state index >= 15 is 0 Å². The van der Waals surface area contributed by atoms with E-state index in [4.69, 9.17) is 20.9 Å². The van der Waals surface area contributed by atoms with Crippen molar-refractivity contribution >= 4 is 11.4 Å². The van der Waals surface area contributed by atoms with Gasteiger partial charge in [-0.1, -0.05) is 0 Å². The monoisotopic (exact) mass is 280 g/mol. The number of nitrogens with two attached hydrogens (primary N) is 2. The van der Waals surface area contributed by atoms with Crippen LogP contribution in [-0.2, 0) is 0 Å². The molecule has 0 radical (unpaired) electrons. The average molecular weight is 280 g/mol. The first-order valence-corrected chi connectivity index (χ1v) is 5.92. The summed E-state index contributed by atoms with van der Waals surface area (Å²) in [6.45, 7) is 0.148. The molecule has 2 aromatic rings. The van der Waals surface area contributed by atoms with Gasteiger partial charge in [-0.25, -0.2) is 8.78 Å². The Labute approximate surface area is 114 Å². The summed E-state index contributed by atoms with van der Waals surface area (Å²) >= 11 is 0. The molecular weight excluding hydrogens is 266 g/mol. The Morgan fingerprint density at radius 1 is 0.750 bits per heavy atom. The minimum atomic E-state index is -0.552. The van der Waals surface area contributed by atoms with Crippen molar-refractivity contribution < 1.29 is 18.3 Å². The Kier molecular flexibility index (Phi) is 4.24. The zero-order chi connectivity index (χ0) is 14.5. The van der Waals surface area contributed by atoms with Crippen molar-refractivity contribution in [2.24, 2.45) is 0 Å². The summed E-state index contributed by atoms with van der Waals surface area (Å²) in [5, 5.41) is 0. The number of rotatable bonds is 5. The van der Waals surface area contributed by atoms with Crippen molar-refractivity contribution in [3.05, 3.63) is 48.0 Å². The lowest BCUT2D eigenvalue weighted by Crippen LogP contribution is -2.10. The molecule has 0 aromatic heterocycles. The second-order valence-electron chi connectivity index (χ2n) is 4.08. The summed E-state index contributed by atoms with van der Waals surface area (Å²) < 4.78 is 37.1. The maximum atomic E-state index is 13.4. The van der Waals surface area contributed by atoms with Crippen LogP contribution in [0, 0.1) is 11.6 Å². The van der Waals surface area contributed by atoms with E-state index in [-0.39, 0.29) is 24.7 Å². The van der Waals surface area contributed by atoms with E-state index in [1.54, 1.807) is 0 Å². The third-order valence-corrected chi connectivity index (χ3v) is 2.51. The van der Waals surface area contributed by atoms with Gasteiger partial charge in [-0.15, -0.1) is 0 Å². The molecule has 106 valence electrons. The molecule has 0 aliphatic rings. The molecule has 0 bridgehead atoms. The summed E-state index contributed by atoms with van der Waals surface area (Å²) in [6.07, 6.45) is 0. The quantitative estimate of drug-likeness (QED) is 0.652. The van der Waals surface area contributed by atoms with Gasteiger partial charge in [-0.2, -0.15) is 0 Å². The van der Waals surface area contributed by atoms with Gasteiger partial charge in [0.05, 0.1) is 0 Å². The number of anilines is 2. The van der Waals surface area contributed by atoms with Crippen molar-refractivity contribution in [1.29, 1.82) is 0 Å².